The third kappa shape index (κ3) is 3.69. The summed E-state index contributed by atoms with van der Waals surface area (Å²) < 4.78 is 13.4. The zero-order valence-electron chi connectivity index (χ0n) is 16.5. The Morgan fingerprint density at radius 3 is 2.48 bits per heavy atom. The predicted molar refractivity (Wildman–Crippen MR) is 124 cm³/mol. The molecule has 0 aliphatic carbocycles. The van der Waals surface area contributed by atoms with Crippen LogP contribution in [0.5, 0.6) is 0 Å². The summed E-state index contributed by atoms with van der Waals surface area (Å²) in [7, 11) is 0. The van der Waals surface area contributed by atoms with Crippen molar-refractivity contribution in [1.82, 2.24) is 0 Å². The number of fused-ring (bicyclic) bond motifs is 3. The first kappa shape index (κ1) is 20.0. The molecular formula is C26H18Cl2FNO. The minimum absolute atomic E-state index is 0.00289. The van der Waals surface area contributed by atoms with Crippen molar-refractivity contribution in [3.8, 4) is 0 Å². The molecule has 0 bridgehead atoms. The maximum absolute atomic E-state index is 13.4. The van der Waals surface area contributed by atoms with Crippen molar-refractivity contribution in [2.24, 2.45) is 0 Å². The lowest BCUT2D eigenvalue weighted by molar-refractivity contribution is -0.119. The Kier molecular flexibility index (Phi) is 5.17. The van der Waals surface area contributed by atoms with E-state index in [1.807, 2.05) is 36.4 Å². The molecule has 1 amide bonds. The molecule has 154 valence electrons. The van der Waals surface area contributed by atoms with Gasteiger partial charge in [-0.2, -0.15) is 0 Å². The minimum Gasteiger partial charge on any atom is -0.308 e. The van der Waals surface area contributed by atoms with Gasteiger partial charge < -0.3 is 4.90 Å². The minimum atomic E-state index is -0.294. The fraction of sp³-hybridized carbons (Fsp3) is 0.115. The fourth-order valence-electron chi connectivity index (χ4n) is 4.40. The molecule has 0 aromatic heterocycles. The lowest BCUT2D eigenvalue weighted by atomic mass is 9.81. The van der Waals surface area contributed by atoms with Gasteiger partial charge in [0.15, 0.2) is 0 Å². The number of hydrogen-bond donors (Lipinski definition) is 0. The number of amides is 1. The highest BCUT2D eigenvalue weighted by atomic mass is 35.5. The van der Waals surface area contributed by atoms with Gasteiger partial charge in [-0.15, -0.1) is 0 Å². The largest absolute Gasteiger partial charge is 0.308 e. The predicted octanol–water partition coefficient (Wildman–Crippen LogP) is 7.35. The standard InChI is InChI=1S/C26H18Cl2FNO/c27-18-8-11-21(23(28)13-18)22-14-25(31)30(15-16-5-9-19(29)10-6-16)24-12-7-17-3-1-2-4-20(17)26(22)24/h1-13,22H,14-15H2. The average Bonchev–Trinajstić information content (AvgIpc) is 2.76. The van der Waals surface area contributed by atoms with Gasteiger partial charge in [0.05, 0.1) is 6.54 Å². The van der Waals surface area contributed by atoms with E-state index in [0.29, 0.717) is 23.0 Å². The zero-order chi connectivity index (χ0) is 21.5. The second-order valence-corrected chi connectivity index (χ2v) is 8.59. The van der Waals surface area contributed by atoms with Crippen molar-refractivity contribution in [2.45, 2.75) is 18.9 Å². The van der Waals surface area contributed by atoms with Crippen LogP contribution in [0.15, 0.2) is 78.9 Å². The van der Waals surface area contributed by atoms with Crippen LogP contribution in [0.4, 0.5) is 10.1 Å². The van der Waals surface area contributed by atoms with Gasteiger partial charge in [0, 0.05) is 28.1 Å². The summed E-state index contributed by atoms with van der Waals surface area (Å²) in [5, 5.41) is 3.31. The van der Waals surface area contributed by atoms with Crippen LogP contribution in [0.25, 0.3) is 10.8 Å². The lowest BCUT2D eigenvalue weighted by Gasteiger charge is -2.35. The monoisotopic (exact) mass is 449 g/mol. The van der Waals surface area contributed by atoms with Crippen molar-refractivity contribution in [3.05, 3.63) is 111 Å². The molecule has 2 nitrogen and oxygen atoms in total. The first-order chi connectivity index (χ1) is 15.0. The molecular weight excluding hydrogens is 432 g/mol. The van der Waals surface area contributed by atoms with E-state index in [1.54, 1.807) is 23.1 Å². The molecule has 1 aliphatic heterocycles. The van der Waals surface area contributed by atoms with Gasteiger partial charge >= 0.3 is 0 Å². The summed E-state index contributed by atoms with van der Waals surface area (Å²) >= 11 is 12.7. The second kappa shape index (κ2) is 7.99. The van der Waals surface area contributed by atoms with E-state index in [2.05, 4.69) is 12.1 Å². The van der Waals surface area contributed by atoms with Gasteiger partial charge in [0.2, 0.25) is 5.91 Å². The van der Waals surface area contributed by atoms with Gasteiger partial charge in [0.1, 0.15) is 5.82 Å². The molecule has 1 aliphatic rings. The number of rotatable bonds is 3. The summed E-state index contributed by atoms with van der Waals surface area (Å²) in [4.78, 5) is 15.1. The summed E-state index contributed by atoms with van der Waals surface area (Å²) in [6, 6.07) is 23.9. The first-order valence-corrected chi connectivity index (χ1v) is 10.8. The Morgan fingerprint density at radius 1 is 0.935 bits per heavy atom. The van der Waals surface area contributed by atoms with E-state index < -0.39 is 0 Å². The molecule has 1 heterocycles. The first-order valence-electron chi connectivity index (χ1n) is 10.0. The number of benzene rings is 4. The topological polar surface area (TPSA) is 20.3 Å². The van der Waals surface area contributed by atoms with Crippen LogP contribution in [-0.2, 0) is 11.3 Å². The van der Waals surface area contributed by atoms with Crippen LogP contribution in [0.2, 0.25) is 10.0 Å². The van der Waals surface area contributed by atoms with E-state index in [4.69, 9.17) is 23.2 Å². The summed E-state index contributed by atoms with van der Waals surface area (Å²) in [5.41, 5.74) is 3.69. The van der Waals surface area contributed by atoms with Gasteiger partial charge in [-0.05, 0) is 57.8 Å². The van der Waals surface area contributed by atoms with E-state index in [0.717, 1.165) is 33.2 Å². The summed E-state index contributed by atoms with van der Waals surface area (Å²) in [6.07, 6.45) is 0.295. The molecule has 1 atom stereocenters. The van der Waals surface area contributed by atoms with Crippen molar-refractivity contribution < 1.29 is 9.18 Å². The molecule has 4 aromatic rings. The number of nitrogens with zero attached hydrogens (tertiary/aromatic N) is 1. The Balaban J connectivity index is 1.69. The normalized spacial score (nSPS) is 15.9. The SMILES string of the molecule is O=C1CC(c2ccc(Cl)cc2Cl)c2c(ccc3ccccc23)N1Cc1ccc(F)cc1. The van der Waals surface area contributed by atoms with E-state index >= 15 is 0 Å². The molecule has 5 rings (SSSR count). The molecule has 5 heteroatoms. The molecule has 0 N–H and O–H groups in total. The average molecular weight is 450 g/mol. The third-order valence-corrected chi connectivity index (χ3v) is 6.42. The highest BCUT2D eigenvalue weighted by molar-refractivity contribution is 6.35. The van der Waals surface area contributed by atoms with Crippen LogP contribution >= 0.6 is 23.2 Å². The number of carbonyl (C=O) groups is 1. The van der Waals surface area contributed by atoms with Gasteiger partial charge in [-0.25, -0.2) is 4.39 Å². The number of hydrogen-bond acceptors (Lipinski definition) is 1. The number of halogens is 3. The smallest absolute Gasteiger partial charge is 0.228 e. The van der Waals surface area contributed by atoms with Gasteiger partial charge in [-0.1, -0.05) is 71.7 Å². The highest BCUT2D eigenvalue weighted by Crippen LogP contribution is 2.46. The van der Waals surface area contributed by atoms with Crippen LogP contribution in [0.1, 0.15) is 29.0 Å². The molecule has 31 heavy (non-hydrogen) atoms. The quantitative estimate of drug-likeness (QED) is 0.320. The maximum Gasteiger partial charge on any atom is 0.228 e. The lowest BCUT2D eigenvalue weighted by Crippen LogP contribution is -2.36. The van der Waals surface area contributed by atoms with Crippen LogP contribution in [0, 0.1) is 5.82 Å². The van der Waals surface area contributed by atoms with E-state index in [9.17, 15) is 9.18 Å². The zero-order valence-corrected chi connectivity index (χ0v) is 18.0. The third-order valence-electron chi connectivity index (χ3n) is 5.86. The summed E-state index contributed by atoms with van der Waals surface area (Å²) in [6.45, 7) is 0.380. The van der Waals surface area contributed by atoms with E-state index in [1.165, 1.54) is 12.1 Å². The van der Waals surface area contributed by atoms with Crippen molar-refractivity contribution in [3.63, 3.8) is 0 Å². The van der Waals surface area contributed by atoms with Crippen LogP contribution in [-0.4, -0.2) is 5.91 Å². The molecule has 0 spiro atoms. The van der Waals surface area contributed by atoms with Crippen molar-refractivity contribution >= 4 is 45.6 Å². The van der Waals surface area contributed by atoms with Gasteiger partial charge in [0.25, 0.3) is 0 Å². The van der Waals surface area contributed by atoms with E-state index in [-0.39, 0.29) is 17.6 Å². The summed E-state index contributed by atoms with van der Waals surface area (Å²) in [5.74, 6) is -0.469. The Hall–Kier alpha value is -2.88. The van der Waals surface area contributed by atoms with Crippen molar-refractivity contribution in [2.75, 3.05) is 4.90 Å². The second-order valence-electron chi connectivity index (χ2n) is 7.75. The molecule has 1 unspecified atom stereocenters. The molecule has 0 saturated carbocycles. The maximum atomic E-state index is 13.4. The van der Waals surface area contributed by atoms with Crippen LogP contribution < -0.4 is 4.90 Å². The molecule has 0 radical (unpaired) electrons. The Labute approximate surface area is 189 Å². The number of anilines is 1. The molecule has 0 saturated heterocycles. The highest BCUT2D eigenvalue weighted by Gasteiger charge is 2.34. The number of carbonyl (C=O) groups excluding carboxylic acids is 1. The van der Waals surface area contributed by atoms with Crippen LogP contribution in [0.3, 0.4) is 0 Å². The molecule has 0 fully saturated rings. The Bertz CT molecular complexity index is 1300. The fourth-order valence-corrected chi connectivity index (χ4v) is 4.94. The van der Waals surface area contributed by atoms with Gasteiger partial charge in [-0.3, -0.25) is 4.79 Å². The molecule has 4 aromatic carbocycles. The Morgan fingerprint density at radius 2 is 1.71 bits per heavy atom. The van der Waals surface area contributed by atoms with Crippen molar-refractivity contribution in [1.29, 1.82) is 0 Å².